The fourth-order valence-corrected chi connectivity index (χ4v) is 1.30. The molecule has 0 saturated heterocycles. The van der Waals surface area contributed by atoms with Crippen LogP contribution in [0.15, 0.2) is 0 Å². The Morgan fingerprint density at radius 3 is 2.45 bits per heavy atom. The molecule has 0 heterocycles. The smallest absolute Gasteiger partial charge is 0.0804 e. The molecule has 0 aromatic heterocycles. The molecule has 66 valence electrons. The molecule has 2 heteroatoms. The van der Waals surface area contributed by atoms with Crippen molar-refractivity contribution >= 4 is 0 Å². The maximum Gasteiger partial charge on any atom is 0.0804 e. The Bertz CT molecular complexity index is 123. The van der Waals surface area contributed by atoms with Crippen molar-refractivity contribution in [2.24, 2.45) is 11.8 Å². The van der Waals surface area contributed by atoms with E-state index in [0.717, 1.165) is 0 Å². The van der Waals surface area contributed by atoms with E-state index < -0.39 is 0 Å². The molecule has 0 amide bonds. The summed E-state index contributed by atoms with van der Waals surface area (Å²) in [6.45, 7) is 6.65. The predicted molar refractivity (Wildman–Crippen MR) is 44.4 cm³/mol. The van der Waals surface area contributed by atoms with Crippen LogP contribution in [0.4, 0.5) is 0 Å². The van der Waals surface area contributed by atoms with Gasteiger partial charge in [0.15, 0.2) is 0 Å². The van der Waals surface area contributed by atoms with Crippen LogP contribution >= 0.6 is 0 Å². The van der Waals surface area contributed by atoms with Gasteiger partial charge in [0.05, 0.1) is 18.8 Å². The van der Waals surface area contributed by atoms with Crippen LogP contribution in [-0.2, 0) is 4.74 Å². The summed E-state index contributed by atoms with van der Waals surface area (Å²) >= 11 is 0. The number of ether oxygens (including phenoxy) is 1. The van der Waals surface area contributed by atoms with E-state index in [4.69, 9.17) is 4.74 Å². The first kappa shape index (κ1) is 9.01. The Kier molecular flexibility index (Phi) is 2.90. The van der Waals surface area contributed by atoms with E-state index >= 15 is 0 Å². The van der Waals surface area contributed by atoms with Crippen molar-refractivity contribution in [3.8, 4) is 0 Å². The van der Waals surface area contributed by atoms with Crippen LogP contribution in [-0.4, -0.2) is 23.9 Å². The number of hydrogen-bond donors (Lipinski definition) is 1. The Hall–Kier alpha value is -0.0800. The van der Waals surface area contributed by atoms with Gasteiger partial charge in [0.25, 0.3) is 0 Å². The third kappa shape index (κ3) is 2.80. The zero-order valence-corrected chi connectivity index (χ0v) is 7.58. The van der Waals surface area contributed by atoms with Gasteiger partial charge in [-0.1, -0.05) is 6.92 Å². The van der Waals surface area contributed by atoms with Gasteiger partial charge in [-0.05, 0) is 32.1 Å². The lowest BCUT2D eigenvalue weighted by Gasteiger charge is -2.12. The quantitative estimate of drug-likeness (QED) is 0.670. The number of hydrogen-bond acceptors (Lipinski definition) is 2. The van der Waals surface area contributed by atoms with E-state index in [1.54, 1.807) is 0 Å². The molecule has 0 bridgehead atoms. The van der Waals surface area contributed by atoms with Crippen LogP contribution < -0.4 is 0 Å². The summed E-state index contributed by atoms with van der Waals surface area (Å²) in [6.07, 6.45) is 1.17. The molecule has 1 aliphatic rings. The first-order chi connectivity index (χ1) is 5.11. The van der Waals surface area contributed by atoms with Crippen LogP contribution in [0.25, 0.3) is 0 Å². The lowest BCUT2D eigenvalue weighted by atomic mass is 10.2. The molecule has 2 nitrogen and oxygen atoms in total. The summed E-state index contributed by atoms with van der Waals surface area (Å²) in [5.41, 5.74) is 0. The van der Waals surface area contributed by atoms with Crippen LogP contribution in [0.1, 0.15) is 27.2 Å². The summed E-state index contributed by atoms with van der Waals surface area (Å²) in [6, 6.07) is 0. The molecule has 3 atom stereocenters. The van der Waals surface area contributed by atoms with Gasteiger partial charge in [0.2, 0.25) is 0 Å². The minimum atomic E-state index is -0.229. The Morgan fingerprint density at radius 1 is 1.55 bits per heavy atom. The first-order valence-corrected chi connectivity index (χ1v) is 4.41. The van der Waals surface area contributed by atoms with Crippen LogP contribution in [0.5, 0.6) is 0 Å². The summed E-state index contributed by atoms with van der Waals surface area (Å²) < 4.78 is 5.30. The van der Waals surface area contributed by atoms with E-state index in [2.05, 4.69) is 6.92 Å². The molecule has 0 radical (unpaired) electrons. The minimum Gasteiger partial charge on any atom is -0.390 e. The van der Waals surface area contributed by atoms with Crippen molar-refractivity contribution in [3.63, 3.8) is 0 Å². The van der Waals surface area contributed by atoms with Gasteiger partial charge in [-0.15, -0.1) is 0 Å². The van der Waals surface area contributed by atoms with Crippen molar-refractivity contribution in [2.45, 2.75) is 39.4 Å². The van der Waals surface area contributed by atoms with Gasteiger partial charge in [-0.25, -0.2) is 0 Å². The average Bonchev–Trinajstić information content (AvgIpc) is 2.61. The topological polar surface area (TPSA) is 29.5 Å². The van der Waals surface area contributed by atoms with E-state index in [9.17, 15) is 5.11 Å². The van der Waals surface area contributed by atoms with Crippen molar-refractivity contribution < 1.29 is 9.84 Å². The maximum absolute atomic E-state index is 9.48. The molecule has 1 fully saturated rings. The molecule has 1 rings (SSSR count). The fraction of sp³-hybridized carbons (Fsp3) is 1.00. The summed E-state index contributed by atoms with van der Waals surface area (Å²) in [5, 5.41) is 9.48. The molecule has 0 aliphatic heterocycles. The minimum absolute atomic E-state index is 0.229. The second kappa shape index (κ2) is 3.55. The van der Waals surface area contributed by atoms with E-state index in [1.165, 1.54) is 6.42 Å². The van der Waals surface area contributed by atoms with Gasteiger partial charge in [-0.2, -0.15) is 0 Å². The van der Waals surface area contributed by atoms with E-state index in [1.807, 2.05) is 13.8 Å². The Labute approximate surface area is 68.6 Å². The molecule has 0 aromatic rings. The molecular formula is C9H18O2. The molecule has 1 aliphatic carbocycles. The molecule has 3 unspecified atom stereocenters. The lowest BCUT2D eigenvalue weighted by molar-refractivity contribution is -0.00482. The van der Waals surface area contributed by atoms with Crippen LogP contribution in [0.3, 0.4) is 0 Å². The first-order valence-electron chi connectivity index (χ1n) is 4.41. The van der Waals surface area contributed by atoms with Gasteiger partial charge < -0.3 is 9.84 Å². The third-order valence-electron chi connectivity index (χ3n) is 2.27. The number of aliphatic hydroxyl groups excluding tert-OH is 1. The summed E-state index contributed by atoms with van der Waals surface area (Å²) in [4.78, 5) is 0. The van der Waals surface area contributed by atoms with Gasteiger partial charge in [0, 0.05) is 0 Å². The second-order valence-electron chi connectivity index (χ2n) is 3.83. The second-order valence-corrected chi connectivity index (χ2v) is 3.83. The third-order valence-corrected chi connectivity index (χ3v) is 2.27. The Morgan fingerprint density at radius 2 is 2.09 bits per heavy atom. The zero-order valence-electron chi connectivity index (χ0n) is 7.58. The van der Waals surface area contributed by atoms with Gasteiger partial charge in [0.1, 0.15) is 0 Å². The van der Waals surface area contributed by atoms with Gasteiger partial charge in [-0.3, -0.25) is 0 Å². The molecule has 1 saturated carbocycles. The summed E-state index contributed by atoms with van der Waals surface area (Å²) in [7, 11) is 0. The highest BCUT2D eigenvalue weighted by molar-refractivity contribution is 4.88. The van der Waals surface area contributed by atoms with E-state index in [0.29, 0.717) is 18.4 Å². The largest absolute Gasteiger partial charge is 0.390 e. The lowest BCUT2D eigenvalue weighted by Crippen LogP contribution is -2.20. The molecular weight excluding hydrogens is 140 g/mol. The van der Waals surface area contributed by atoms with Crippen molar-refractivity contribution in [1.29, 1.82) is 0 Å². The highest BCUT2D eigenvalue weighted by Gasteiger charge is 2.38. The normalized spacial score (nSPS) is 32.5. The standard InChI is InChI=1S/C9H18O2/c1-6(2)11-5-9(10)8-4-7(8)3/h6-10H,4-5H2,1-3H3. The molecule has 0 spiro atoms. The van der Waals surface area contributed by atoms with Crippen molar-refractivity contribution in [2.75, 3.05) is 6.61 Å². The van der Waals surface area contributed by atoms with Crippen molar-refractivity contribution in [1.82, 2.24) is 0 Å². The molecule has 1 N–H and O–H groups in total. The molecule has 11 heavy (non-hydrogen) atoms. The van der Waals surface area contributed by atoms with E-state index in [-0.39, 0.29) is 12.2 Å². The van der Waals surface area contributed by atoms with Gasteiger partial charge >= 0.3 is 0 Å². The number of aliphatic hydroxyl groups is 1. The van der Waals surface area contributed by atoms with Crippen LogP contribution in [0.2, 0.25) is 0 Å². The average molecular weight is 158 g/mol. The monoisotopic (exact) mass is 158 g/mol. The Balaban J connectivity index is 2.07. The highest BCUT2D eigenvalue weighted by atomic mass is 16.5. The zero-order chi connectivity index (χ0) is 8.43. The molecule has 0 aromatic carbocycles. The van der Waals surface area contributed by atoms with Crippen molar-refractivity contribution in [3.05, 3.63) is 0 Å². The summed E-state index contributed by atoms with van der Waals surface area (Å²) in [5.74, 6) is 1.22. The fourth-order valence-electron chi connectivity index (χ4n) is 1.30. The maximum atomic E-state index is 9.48. The van der Waals surface area contributed by atoms with Crippen LogP contribution in [0, 0.1) is 11.8 Å². The number of rotatable bonds is 4. The highest BCUT2D eigenvalue weighted by Crippen LogP contribution is 2.40. The predicted octanol–water partition coefficient (Wildman–Crippen LogP) is 1.43. The SMILES string of the molecule is CC(C)OCC(O)C1CC1C.